The van der Waals surface area contributed by atoms with Gasteiger partial charge in [-0.2, -0.15) is 0 Å². The van der Waals surface area contributed by atoms with Gasteiger partial charge >= 0.3 is 0 Å². The minimum atomic E-state index is -0.768. The lowest BCUT2D eigenvalue weighted by Crippen LogP contribution is -2.45. The van der Waals surface area contributed by atoms with Crippen LogP contribution in [0.25, 0.3) is 0 Å². The average molecular weight is 262 g/mol. The number of aryl methyl sites for hydroxylation is 1. The third-order valence-electron chi connectivity index (χ3n) is 3.78. The highest BCUT2D eigenvalue weighted by atomic mass is 16.3. The van der Waals surface area contributed by atoms with Gasteiger partial charge in [0, 0.05) is 13.6 Å². The minimum absolute atomic E-state index is 0.0506. The Morgan fingerprint density at radius 3 is 2.84 bits per heavy atom. The van der Waals surface area contributed by atoms with E-state index in [9.17, 15) is 9.90 Å². The Labute approximate surface area is 114 Å². The van der Waals surface area contributed by atoms with Crippen molar-refractivity contribution in [3.63, 3.8) is 0 Å². The quantitative estimate of drug-likeness (QED) is 0.840. The van der Waals surface area contributed by atoms with Crippen LogP contribution in [0.2, 0.25) is 0 Å². The highest BCUT2D eigenvalue weighted by Crippen LogP contribution is 2.16. The van der Waals surface area contributed by atoms with E-state index >= 15 is 0 Å². The van der Waals surface area contributed by atoms with Gasteiger partial charge in [0.15, 0.2) is 0 Å². The van der Waals surface area contributed by atoms with Crippen LogP contribution in [0.1, 0.15) is 17.5 Å². The number of aliphatic hydroxyl groups is 1. The second-order valence-corrected chi connectivity index (χ2v) is 5.50. The van der Waals surface area contributed by atoms with Crippen LogP contribution in [0.3, 0.4) is 0 Å². The number of rotatable bonds is 4. The lowest BCUT2D eigenvalue weighted by Gasteiger charge is -2.28. The summed E-state index contributed by atoms with van der Waals surface area (Å²) in [4.78, 5) is 13.8. The van der Waals surface area contributed by atoms with E-state index in [1.165, 1.54) is 0 Å². The molecule has 4 nitrogen and oxygen atoms in total. The number of likely N-dealkylation sites (N-methyl/N-ethyl adjacent to an activating group) is 1. The maximum Gasteiger partial charge on any atom is 0.226 e. The van der Waals surface area contributed by atoms with Crippen LogP contribution in [-0.4, -0.2) is 48.2 Å². The fraction of sp³-hybridized carbons (Fsp3) is 0.533. The second-order valence-electron chi connectivity index (χ2n) is 5.50. The molecule has 1 aliphatic heterocycles. The zero-order valence-electron chi connectivity index (χ0n) is 11.6. The molecule has 0 aromatic heterocycles. The van der Waals surface area contributed by atoms with Crippen molar-refractivity contribution in [2.75, 3.05) is 26.7 Å². The summed E-state index contributed by atoms with van der Waals surface area (Å²) in [6.45, 7) is 3.78. The number of carbonyl (C=O) groups excluding carboxylic acids is 1. The van der Waals surface area contributed by atoms with Gasteiger partial charge in [-0.15, -0.1) is 0 Å². The lowest BCUT2D eigenvalue weighted by molar-refractivity contribution is -0.132. The van der Waals surface area contributed by atoms with Crippen molar-refractivity contribution in [1.82, 2.24) is 10.2 Å². The lowest BCUT2D eigenvalue weighted by atomic mass is 10.0. The van der Waals surface area contributed by atoms with E-state index < -0.39 is 5.60 Å². The first-order valence-corrected chi connectivity index (χ1v) is 6.72. The molecule has 1 fully saturated rings. The van der Waals surface area contributed by atoms with Gasteiger partial charge < -0.3 is 15.3 Å². The van der Waals surface area contributed by atoms with Gasteiger partial charge in [-0.25, -0.2) is 0 Å². The molecule has 1 aromatic rings. The van der Waals surface area contributed by atoms with E-state index in [0.717, 1.165) is 17.7 Å². The minimum Gasteiger partial charge on any atom is -0.387 e. The first kappa shape index (κ1) is 14.0. The number of benzene rings is 1. The van der Waals surface area contributed by atoms with E-state index in [1.54, 1.807) is 11.9 Å². The van der Waals surface area contributed by atoms with Crippen LogP contribution in [0.5, 0.6) is 0 Å². The third-order valence-corrected chi connectivity index (χ3v) is 3.78. The van der Waals surface area contributed by atoms with E-state index in [4.69, 9.17) is 0 Å². The van der Waals surface area contributed by atoms with Crippen molar-refractivity contribution in [2.45, 2.75) is 25.4 Å². The van der Waals surface area contributed by atoms with Gasteiger partial charge in [-0.1, -0.05) is 24.3 Å². The molecule has 104 valence electrons. The standard InChI is InChI=1S/C15H22N2O2/c1-12-5-3-4-6-13(12)9-14(18)17(2)11-15(19)7-8-16-10-15/h3-6,16,19H,7-11H2,1-2H3. The molecule has 2 rings (SSSR count). The average Bonchev–Trinajstić information content (AvgIpc) is 2.78. The molecule has 0 spiro atoms. The fourth-order valence-corrected chi connectivity index (χ4v) is 2.50. The van der Waals surface area contributed by atoms with Crippen molar-refractivity contribution in [3.05, 3.63) is 35.4 Å². The maximum atomic E-state index is 12.2. The number of carbonyl (C=O) groups is 1. The van der Waals surface area contributed by atoms with Crippen molar-refractivity contribution in [2.24, 2.45) is 0 Å². The number of nitrogens with zero attached hydrogens (tertiary/aromatic N) is 1. The van der Waals surface area contributed by atoms with Crippen LogP contribution >= 0.6 is 0 Å². The largest absolute Gasteiger partial charge is 0.387 e. The third kappa shape index (κ3) is 3.55. The monoisotopic (exact) mass is 262 g/mol. The molecule has 1 heterocycles. The Balaban J connectivity index is 1.94. The van der Waals surface area contributed by atoms with Crippen LogP contribution in [0.15, 0.2) is 24.3 Å². The molecule has 4 heteroatoms. The summed E-state index contributed by atoms with van der Waals surface area (Å²) < 4.78 is 0. The predicted octanol–water partition coefficient (Wildman–Crippen LogP) is 0.720. The molecule has 1 aromatic carbocycles. The topological polar surface area (TPSA) is 52.6 Å². The molecule has 0 bridgehead atoms. The summed E-state index contributed by atoms with van der Waals surface area (Å²) >= 11 is 0. The Morgan fingerprint density at radius 1 is 1.47 bits per heavy atom. The Morgan fingerprint density at radius 2 is 2.21 bits per heavy atom. The molecule has 0 aliphatic carbocycles. The van der Waals surface area contributed by atoms with Crippen LogP contribution < -0.4 is 5.32 Å². The number of hydrogen-bond acceptors (Lipinski definition) is 3. The Hall–Kier alpha value is -1.39. The summed E-state index contributed by atoms with van der Waals surface area (Å²) in [5.41, 5.74) is 1.41. The zero-order chi connectivity index (χ0) is 13.9. The van der Waals surface area contributed by atoms with Crippen molar-refractivity contribution < 1.29 is 9.90 Å². The van der Waals surface area contributed by atoms with E-state index in [2.05, 4.69) is 5.32 Å². The number of β-amino-alcohol motifs (C(OH)–C–C–N with tert-alkyl or cyclic N) is 1. The summed E-state index contributed by atoms with van der Waals surface area (Å²) in [6.07, 6.45) is 1.10. The van der Waals surface area contributed by atoms with Gasteiger partial charge in [-0.05, 0) is 31.0 Å². The van der Waals surface area contributed by atoms with Crippen molar-refractivity contribution >= 4 is 5.91 Å². The van der Waals surface area contributed by atoms with Crippen molar-refractivity contribution in [1.29, 1.82) is 0 Å². The summed E-state index contributed by atoms with van der Waals surface area (Å²) in [7, 11) is 1.76. The smallest absolute Gasteiger partial charge is 0.226 e. The molecule has 1 amide bonds. The maximum absolute atomic E-state index is 12.2. The van der Waals surface area contributed by atoms with Gasteiger partial charge in [0.2, 0.25) is 5.91 Å². The molecule has 1 saturated heterocycles. The van der Waals surface area contributed by atoms with Crippen molar-refractivity contribution in [3.8, 4) is 0 Å². The normalized spacial score (nSPS) is 22.5. The first-order valence-electron chi connectivity index (χ1n) is 6.72. The van der Waals surface area contributed by atoms with Gasteiger partial charge in [0.05, 0.1) is 18.6 Å². The van der Waals surface area contributed by atoms with Crippen LogP contribution in [-0.2, 0) is 11.2 Å². The predicted molar refractivity (Wildman–Crippen MR) is 75.0 cm³/mol. The molecule has 1 aliphatic rings. The molecule has 1 unspecified atom stereocenters. The Bertz CT molecular complexity index is 453. The number of amides is 1. The van der Waals surface area contributed by atoms with Gasteiger partial charge in [0.1, 0.15) is 0 Å². The van der Waals surface area contributed by atoms with Gasteiger partial charge in [0.25, 0.3) is 0 Å². The molecule has 1 atom stereocenters. The first-order chi connectivity index (χ1) is 9.00. The van der Waals surface area contributed by atoms with E-state index in [0.29, 0.717) is 25.9 Å². The van der Waals surface area contributed by atoms with Crippen LogP contribution in [0.4, 0.5) is 0 Å². The molecular weight excluding hydrogens is 240 g/mol. The van der Waals surface area contributed by atoms with Crippen LogP contribution in [0, 0.1) is 6.92 Å². The molecular formula is C15H22N2O2. The highest BCUT2D eigenvalue weighted by Gasteiger charge is 2.33. The van der Waals surface area contributed by atoms with Gasteiger partial charge in [-0.3, -0.25) is 4.79 Å². The SMILES string of the molecule is Cc1ccccc1CC(=O)N(C)CC1(O)CCNC1. The van der Waals surface area contributed by atoms with E-state index in [1.807, 2.05) is 31.2 Å². The summed E-state index contributed by atoms with van der Waals surface area (Å²) in [5.74, 6) is 0.0506. The number of hydrogen-bond donors (Lipinski definition) is 2. The van der Waals surface area contributed by atoms with E-state index in [-0.39, 0.29) is 5.91 Å². The second kappa shape index (κ2) is 5.72. The molecule has 19 heavy (non-hydrogen) atoms. The zero-order valence-corrected chi connectivity index (χ0v) is 11.6. The summed E-state index contributed by atoms with van der Waals surface area (Å²) in [6, 6.07) is 7.91. The fourth-order valence-electron chi connectivity index (χ4n) is 2.50. The highest BCUT2D eigenvalue weighted by molar-refractivity contribution is 5.79. The summed E-state index contributed by atoms with van der Waals surface area (Å²) in [5, 5.41) is 13.4. The molecule has 2 N–H and O–H groups in total. The molecule has 0 saturated carbocycles. The number of nitrogens with one attached hydrogen (secondary N) is 1. The Kier molecular flexibility index (Phi) is 4.22. The molecule has 0 radical (unpaired) electrons.